The molecule has 0 aliphatic carbocycles. The minimum Gasteiger partial charge on any atom is -0.393 e. The normalized spacial score (nSPS) is 13.1. The average molecular weight is 536 g/mol. The zero-order chi connectivity index (χ0) is 19.2. The van der Waals surface area contributed by atoms with Gasteiger partial charge in [0.2, 0.25) is 0 Å². The van der Waals surface area contributed by atoms with E-state index in [0.717, 1.165) is 22.5 Å². The number of benzene rings is 1. The molecule has 5 heteroatoms. The van der Waals surface area contributed by atoms with Gasteiger partial charge in [-0.25, -0.2) is 4.98 Å². The maximum absolute atomic E-state index is 8.56. The van der Waals surface area contributed by atoms with E-state index < -0.39 is 0 Å². The van der Waals surface area contributed by atoms with Gasteiger partial charge in [0.15, 0.2) is 0 Å². The Kier molecular flexibility index (Phi) is 10.4. The Balaban J connectivity index is 0.000000673. The second kappa shape index (κ2) is 10.9. The fourth-order valence-electron chi connectivity index (χ4n) is 2.44. The van der Waals surface area contributed by atoms with Gasteiger partial charge in [-0.05, 0) is 26.0 Å². The van der Waals surface area contributed by atoms with E-state index in [1.54, 1.807) is 20.2 Å². The average Bonchev–Trinajstić information content (AvgIpc) is 2.44. The van der Waals surface area contributed by atoms with Crippen molar-refractivity contribution < 1.29 is 30.3 Å². The molecule has 0 fully saturated rings. The van der Waals surface area contributed by atoms with E-state index in [1.807, 2.05) is 0 Å². The van der Waals surface area contributed by atoms with Crippen LogP contribution in [0.4, 0.5) is 0 Å². The van der Waals surface area contributed by atoms with Crippen LogP contribution in [0.2, 0.25) is 0 Å². The minimum absolute atomic E-state index is 0. The number of aliphatic hydroxyl groups is 2. The predicted octanol–water partition coefficient (Wildman–Crippen LogP) is 3.99. The second-order valence-electron chi connectivity index (χ2n) is 7.73. The summed E-state index contributed by atoms with van der Waals surface area (Å²) < 4.78 is 0. The minimum atomic E-state index is -0.375. The van der Waals surface area contributed by atoms with Crippen LogP contribution in [-0.2, 0) is 25.5 Å². The van der Waals surface area contributed by atoms with Crippen molar-refractivity contribution in [2.75, 3.05) is 0 Å². The summed E-state index contributed by atoms with van der Waals surface area (Å²) in [5.41, 5.74) is 5.46. The van der Waals surface area contributed by atoms with Crippen molar-refractivity contribution in [2.45, 2.75) is 72.5 Å². The third-order valence-electron chi connectivity index (χ3n) is 3.54. The molecule has 26 heavy (non-hydrogen) atoms. The van der Waals surface area contributed by atoms with Crippen molar-refractivity contribution in [3.63, 3.8) is 0 Å². The van der Waals surface area contributed by atoms with Crippen LogP contribution in [0.15, 0.2) is 24.5 Å². The largest absolute Gasteiger partial charge is 0.393 e. The fraction of sp³-hybridized carbons (Fsp3) is 0.524. The number of nitrogens with zero attached hydrogens (tertiary/aromatic N) is 2. The van der Waals surface area contributed by atoms with Crippen molar-refractivity contribution >= 4 is 0 Å². The summed E-state index contributed by atoms with van der Waals surface area (Å²) >= 11 is 0. The first kappa shape index (κ1) is 24.9. The monoisotopic (exact) mass is 536 g/mol. The molecule has 0 spiro atoms. The number of aromatic nitrogens is 2. The van der Waals surface area contributed by atoms with Crippen molar-refractivity contribution in [2.24, 2.45) is 0 Å². The molecule has 0 aliphatic rings. The van der Waals surface area contributed by atoms with Gasteiger partial charge in [0, 0.05) is 31.2 Å². The number of hydrogen-bond donors (Lipinski definition) is 2. The molecule has 0 saturated heterocycles. The standard InChI is InChI=1S/C16H19N2.C5H12O2.Ir/c1-11-6-12(2)8-13(7-11)14-9-15(16(3,4)5)18-10-17-14;1-4(6)3-5(2)7;/h6-7,9-10H,1-5H3;4-7H,3H2,1-2H3;/q-1;;. The Morgan fingerprint density at radius 2 is 1.58 bits per heavy atom. The van der Waals surface area contributed by atoms with Gasteiger partial charge in [0.1, 0.15) is 6.33 Å². The molecule has 0 bridgehead atoms. The molecule has 1 aromatic carbocycles. The summed E-state index contributed by atoms with van der Waals surface area (Å²) in [5.74, 6) is 0. The van der Waals surface area contributed by atoms with Crippen LogP contribution in [-0.4, -0.2) is 32.4 Å². The summed E-state index contributed by atoms with van der Waals surface area (Å²) in [6.45, 7) is 13.9. The predicted molar refractivity (Wildman–Crippen MR) is 102 cm³/mol. The van der Waals surface area contributed by atoms with E-state index in [0.29, 0.717) is 6.42 Å². The van der Waals surface area contributed by atoms with Gasteiger partial charge in [-0.1, -0.05) is 40.7 Å². The van der Waals surface area contributed by atoms with Crippen molar-refractivity contribution in [1.29, 1.82) is 0 Å². The van der Waals surface area contributed by atoms with Crippen molar-refractivity contribution in [1.82, 2.24) is 9.97 Å². The van der Waals surface area contributed by atoms with E-state index in [2.05, 4.69) is 68.9 Å². The first-order chi connectivity index (χ1) is 11.5. The molecule has 2 atom stereocenters. The molecule has 1 heterocycles. The quantitative estimate of drug-likeness (QED) is 0.584. The molecular formula is C21H31IrN2O2-. The molecule has 2 unspecified atom stereocenters. The van der Waals surface area contributed by atoms with E-state index >= 15 is 0 Å². The smallest absolute Gasteiger partial charge is 0.105 e. The molecule has 1 radical (unpaired) electrons. The molecule has 147 valence electrons. The van der Waals surface area contributed by atoms with E-state index in [4.69, 9.17) is 10.2 Å². The molecule has 1 aromatic heterocycles. The van der Waals surface area contributed by atoms with Gasteiger partial charge in [-0.2, -0.15) is 0 Å². The molecule has 4 nitrogen and oxygen atoms in total. The fourth-order valence-corrected chi connectivity index (χ4v) is 2.44. The molecular weight excluding hydrogens is 504 g/mol. The van der Waals surface area contributed by atoms with Gasteiger partial charge < -0.3 is 10.2 Å². The Bertz CT molecular complexity index is 654. The van der Waals surface area contributed by atoms with Crippen LogP contribution in [0.1, 0.15) is 57.9 Å². The second-order valence-corrected chi connectivity index (χ2v) is 7.73. The van der Waals surface area contributed by atoms with Gasteiger partial charge in [-0.15, -0.1) is 34.9 Å². The van der Waals surface area contributed by atoms with Gasteiger partial charge in [0.25, 0.3) is 0 Å². The molecule has 0 aliphatic heterocycles. The summed E-state index contributed by atoms with van der Waals surface area (Å²) in [5, 5.41) is 17.1. The van der Waals surface area contributed by atoms with Gasteiger partial charge >= 0.3 is 0 Å². The number of aliphatic hydroxyl groups excluding tert-OH is 2. The number of rotatable bonds is 3. The SMILES string of the molecule is CC(O)CC(C)O.Cc1[c-]c(-c2cc(C(C)(C)C)ncn2)cc(C)c1.[Ir]. The number of hydrogen-bond acceptors (Lipinski definition) is 4. The summed E-state index contributed by atoms with van der Waals surface area (Å²) in [6, 6.07) is 9.65. The summed E-state index contributed by atoms with van der Waals surface area (Å²) in [6.07, 6.45) is 1.36. The summed E-state index contributed by atoms with van der Waals surface area (Å²) in [4.78, 5) is 8.72. The van der Waals surface area contributed by atoms with Crippen LogP contribution in [0.3, 0.4) is 0 Å². The molecule has 0 saturated carbocycles. The zero-order valence-electron chi connectivity index (χ0n) is 16.8. The molecule has 2 N–H and O–H groups in total. The van der Waals surface area contributed by atoms with Crippen LogP contribution in [0, 0.1) is 19.9 Å². The summed E-state index contributed by atoms with van der Waals surface area (Å²) in [7, 11) is 0. The van der Waals surface area contributed by atoms with Crippen LogP contribution < -0.4 is 0 Å². The van der Waals surface area contributed by atoms with Crippen LogP contribution in [0.25, 0.3) is 11.3 Å². The van der Waals surface area contributed by atoms with E-state index in [-0.39, 0.29) is 37.7 Å². The Morgan fingerprint density at radius 1 is 1.00 bits per heavy atom. The Labute approximate surface area is 171 Å². The third-order valence-corrected chi connectivity index (χ3v) is 3.54. The van der Waals surface area contributed by atoms with Gasteiger partial charge in [-0.3, -0.25) is 4.98 Å². The zero-order valence-corrected chi connectivity index (χ0v) is 19.2. The number of aryl methyl sites for hydroxylation is 2. The van der Waals surface area contributed by atoms with Crippen molar-refractivity contribution in [3.8, 4) is 11.3 Å². The van der Waals surface area contributed by atoms with E-state index in [1.165, 1.54) is 5.56 Å². The Hall–Kier alpha value is -1.13. The van der Waals surface area contributed by atoms with Crippen molar-refractivity contribution in [3.05, 3.63) is 47.4 Å². The maximum atomic E-state index is 8.56. The van der Waals surface area contributed by atoms with Gasteiger partial charge in [0.05, 0.1) is 12.2 Å². The molecule has 0 amide bonds. The maximum Gasteiger partial charge on any atom is 0.105 e. The molecule has 2 rings (SSSR count). The molecule has 2 aromatic rings. The van der Waals surface area contributed by atoms with E-state index in [9.17, 15) is 0 Å². The topological polar surface area (TPSA) is 66.2 Å². The Morgan fingerprint density at radius 3 is 2.00 bits per heavy atom. The first-order valence-corrected chi connectivity index (χ1v) is 8.68. The third kappa shape index (κ3) is 9.00. The first-order valence-electron chi connectivity index (χ1n) is 8.68. The van der Waals surface area contributed by atoms with Crippen LogP contribution >= 0.6 is 0 Å². The van der Waals surface area contributed by atoms with Crippen LogP contribution in [0.5, 0.6) is 0 Å².